The molecule has 1 aromatic carbocycles. The Balaban J connectivity index is 1.53. The van der Waals surface area contributed by atoms with Gasteiger partial charge in [-0.25, -0.2) is 0 Å². The van der Waals surface area contributed by atoms with Gasteiger partial charge in [0.2, 0.25) is 5.89 Å². The summed E-state index contributed by atoms with van der Waals surface area (Å²) in [6, 6.07) is 8.49. The summed E-state index contributed by atoms with van der Waals surface area (Å²) in [6.45, 7) is 0. The van der Waals surface area contributed by atoms with E-state index in [9.17, 15) is 0 Å². The molecule has 1 aromatic heterocycles. The van der Waals surface area contributed by atoms with Gasteiger partial charge in [0.1, 0.15) is 6.04 Å². The first-order chi connectivity index (χ1) is 8.88. The zero-order chi connectivity index (χ0) is 11.9. The number of aromatic nitrogens is 2. The van der Waals surface area contributed by atoms with Gasteiger partial charge in [-0.1, -0.05) is 23.4 Å². The van der Waals surface area contributed by atoms with E-state index in [1.54, 1.807) is 0 Å². The molecule has 18 heavy (non-hydrogen) atoms. The number of nitrogens with one attached hydrogen (secondary N) is 1. The third-order valence-corrected chi connectivity index (χ3v) is 3.72. The van der Waals surface area contributed by atoms with Gasteiger partial charge in [0.05, 0.1) is 0 Å². The molecule has 1 aliphatic heterocycles. The third-order valence-electron chi connectivity index (χ3n) is 3.72. The molecular weight excluding hydrogens is 226 g/mol. The van der Waals surface area contributed by atoms with Crippen LogP contribution in [0.1, 0.15) is 36.2 Å². The lowest BCUT2D eigenvalue weighted by Gasteiger charge is -2.04. The molecule has 1 saturated carbocycles. The zero-order valence-corrected chi connectivity index (χ0v) is 10.1. The Morgan fingerprint density at radius 2 is 2.17 bits per heavy atom. The average molecular weight is 241 g/mol. The molecular formula is C14H15N3O. The minimum absolute atomic E-state index is 0.142. The van der Waals surface area contributed by atoms with E-state index in [2.05, 4.69) is 33.7 Å². The lowest BCUT2D eigenvalue weighted by atomic mass is 10.1. The van der Waals surface area contributed by atoms with E-state index in [0.717, 1.165) is 30.5 Å². The van der Waals surface area contributed by atoms with Crippen molar-refractivity contribution >= 4 is 5.69 Å². The lowest BCUT2D eigenvalue weighted by Crippen LogP contribution is -2.06. The van der Waals surface area contributed by atoms with Gasteiger partial charge in [0.15, 0.2) is 5.82 Å². The summed E-state index contributed by atoms with van der Waals surface area (Å²) in [5.41, 5.74) is 2.51. The monoisotopic (exact) mass is 241 g/mol. The Morgan fingerprint density at radius 1 is 1.28 bits per heavy atom. The van der Waals surface area contributed by atoms with E-state index in [4.69, 9.17) is 4.52 Å². The Bertz CT molecular complexity index is 549. The van der Waals surface area contributed by atoms with E-state index < -0.39 is 0 Å². The summed E-state index contributed by atoms with van der Waals surface area (Å²) < 4.78 is 5.38. The van der Waals surface area contributed by atoms with E-state index in [1.807, 2.05) is 6.07 Å². The van der Waals surface area contributed by atoms with Crippen molar-refractivity contribution in [3.63, 3.8) is 0 Å². The molecule has 0 bridgehead atoms. The summed E-state index contributed by atoms with van der Waals surface area (Å²) in [5.74, 6) is 2.39. The first-order valence-corrected chi connectivity index (χ1v) is 6.55. The molecule has 0 saturated heterocycles. The second-order valence-electron chi connectivity index (χ2n) is 5.25. The van der Waals surface area contributed by atoms with Crippen LogP contribution in [0.5, 0.6) is 0 Å². The van der Waals surface area contributed by atoms with Gasteiger partial charge in [0, 0.05) is 18.5 Å². The first kappa shape index (κ1) is 10.1. The normalized spacial score (nSPS) is 21.7. The Hall–Kier alpha value is -1.84. The van der Waals surface area contributed by atoms with Gasteiger partial charge >= 0.3 is 0 Å². The number of fused-ring (bicyclic) bond motifs is 1. The third kappa shape index (κ3) is 1.78. The van der Waals surface area contributed by atoms with Gasteiger partial charge in [0.25, 0.3) is 0 Å². The van der Waals surface area contributed by atoms with Crippen molar-refractivity contribution < 1.29 is 4.52 Å². The van der Waals surface area contributed by atoms with Crippen LogP contribution >= 0.6 is 0 Å². The number of anilines is 1. The maximum absolute atomic E-state index is 5.38. The minimum Gasteiger partial charge on any atom is -0.373 e. The van der Waals surface area contributed by atoms with Gasteiger partial charge in [-0.15, -0.1) is 0 Å². The summed E-state index contributed by atoms with van der Waals surface area (Å²) >= 11 is 0. The number of nitrogens with zero attached hydrogens (tertiary/aromatic N) is 2. The Kier molecular flexibility index (Phi) is 2.15. The van der Waals surface area contributed by atoms with Crippen LogP contribution in [0.2, 0.25) is 0 Å². The van der Waals surface area contributed by atoms with Gasteiger partial charge in [-0.3, -0.25) is 0 Å². The molecule has 1 atom stereocenters. The van der Waals surface area contributed by atoms with Crippen molar-refractivity contribution in [2.75, 3.05) is 5.32 Å². The van der Waals surface area contributed by atoms with E-state index in [1.165, 1.54) is 24.1 Å². The van der Waals surface area contributed by atoms with Gasteiger partial charge in [-0.05, 0) is 30.4 Å². The van der Waals surface area contributed by atoms with Crippen molar-refractivity contribution in [1.82, 2.24) is 10.1 Å². The molecule has 2 aliphatic rings. The number of rotatable bonds is 3. The second kappa shape index (κ2) is 3.83. The first-order valence-electron chi connectivity index (χ1n) is 6.55. The van der Waals surface area contributed by atoms with Gasteiger partial charge < -0.3 is 9.84 Å². The maximum Gasteiger partial charge on any atom is 0.249 e. The fourth-order valence-corrected chi connectivity index (χ4v) is 2.52. The highest BCUT2D eigenvalue weighted by Gasteiger charge is 2.28. The number of para-hydroxylation sites is 1. The number of hydrogen-bond donors (Lipinski definition) is 1. The summed E-state index contributed by atoms with van der Waals surface area (Å²) in [5, 5.41) is 7.51. The second-order valence-corrected chi connectivity index (χ2v) is 5.25. The van der Waals surface area contributed by atoms with Crippen LogP contribution in [-0.2, 0) is 12.8 Å². The molecule has 2 aromatic rings. The van der Waals surface area contributed by atoms with Crippen molar-refractivity contribution in [2.24, 2.45) is 5.92 Å². The van der Waals surface area contributed by atoms with Gasteiger partial charge in [-0.2, -0.15) is 4.98 Å². The maximum atomic E-state index is 5.38. The van der Waals surface area contributed by atoms with E-state index in [-0.39, 0.29) is 6.04 Å². The predicted molar refractivity (Wildman–Crippen MR) is 67.2 cm³/mol. The smallest absolute Gasteiger partial charge is 0.249 e. The number of benzene rings is 1. The number of hydrogen-bond acceptors (Lipinski definition) is 4. The quantitative estimate of drug-likeness (QED) is 0.897. The molecule has 4 rings (SSSR count). The molecule has 2 heterocycles. The molecule has 1 fully saturated rings. The molecule has 0 spiro atoms. The standard InChI is InChI=1S/C14H15N3O/c1-2-4-11-10(3-1)8-12(15-11)14-16-13(17-18-14)7-9-5-6-9/h1-4,9,12,15H,5-8H2/t12-/m0/s1. The van der Waals surface area contributed by atoms with Crippen molar-refractivity contribution in [2.45, 2.75) is 31.7 Å². The molecule has 92 valence electrons. The SMILES string of the molecule is c1ccc2c(c1)C[C@@H](c1nc(CC3CC3)no1)N2. The highest BCUT2D eigenvalue weighted by Crippen LogP contribution is 2.34. The molecule has 0 radical (unpaired) electrons. The minimum atomic E-state index is 0.142. The average Bonchev–Trinajstić information content (AvgIpc) is 2.92. The van der Waals surface area contributed by atoms with Crippen LogP contribution < -0.4 is 5.32 Å². The van der Waals surface area contributed by atoms with Crippen molar-refractivity contribution in [1.29, 1.82) is 0 Å². The highest BCUT2D eigenvalue weighted by molar-refractivity contribution is 5.56. The summed E-state index contributed by atoms with van der Waals surface area (Å²) in [6.07, 6.45) is 4.54. The topological polar surface area (TPSA) is 51.0 Å². The zero-order valence-electron chi connectivity index (χ0n) is 10.1. The van der Waals surface area contributed by atoms with Crippen LogP contribution in [0.25, 0.3) is 0 Å². The van der Waals surface area contributed by atoms with E-state index in [0.29, 0.717) is 0 Å². The summed E-state index contributed by atoms with van der Waals surface area (Å²) in [7, 11) is 0. The van der Waals surface area contributed by atoms with Crippen LogP contribution in [0.4, 0.5) is 5.69 Å². The van der Waals surface area contributed by atoms with Crippen molar-refractivity contribution in [3.8, 4) is 0 Å². The van der Waals surface area contributed by atoms with Crippen LogP contribution in [0.3, 0.4) is 0 Å². The van der Waals surface area contributed by atoms with Crippen LogP contribution in [0.15, 0.2) is 28.8 Å². The largest absolute Gasteiger partial charge is 0.373 e. The highest BCUT2D eigenvalue weighted by atomic mass is 16.5. The van der Waals surface area contributed by atoms with E-state index >= 15 is 0 Å². The van der Waals surface area contributed by atoms with Crippen molar-refractivity contribution in [3.05, 3.63) is 41.5 Å². The Morgan fingerprint density at radius 3 is 3.00 bits per heavy atom. The molecule has 1 N–H and O–H groups in total. The predicted octanol–water partition coefficient (Wildman–Crippen LogP) is 2.73. The lowest BCUT2D eigenvalue weighted by molar-refractivity contribution is 0.359. The molecule has 4 nitrogen and oxygen atoms in total. The Labute approximate surface area is 105 Å². The fourth-order valence-electron chi connectivity index (χ4n) is 2.52. The fraction of sp³-hybridized carbons (Fsp3) is 0.429. The molecule has 1 aliphatic carbocycles. The molecule has 4 heteroatoms. The summed E-state index contributed by atoms with van der Waals surface area (Å²) in [4.78, 5) is 4.52. The molecule has 0 amide bonds. The van der Waals surface area contributed by atoms with Crippen LogP contribution in [-0.4, -0.2) is 10.1 Å². The molecule has 0 unspecified atom stereocenters. The van der Waals surface area contributed by atoms with Crippen LogP contribution in [0, 0.1) is 5.92 Å².